The highest BCUT2D eigenvalue weighted by molar-refractivity contribution is 5.88. The predicted octanol–water partition coefficient (Wildman–Crippen LogP) is 4.21. The molecule has 2 aromatic rings. The third kappa shape index (κ3) is 4.67. The number of nitriles is 1. The summed E-state index contributed by atoms with van der Waals surface area (Å²) in [7, 11) is 0. The van der Waals surface area contributed by atoms with Crippen molar-refractivity contribution in [2.24, 2.45) is 0 Å². The Hall–Kier alpha value is -2.67. The Morgan fingerprint density at radius 2 is 2.08 bits per heavy atom. The molecule has 0 saturated heterocycles. The Bertz CT molecular complexity index is 746. The van der Waals surface area contributed by atoms with Crippen molar-refractivity contribution in [1.82, 2.24) is 4.98 Å². The van der Waals surface area contributed by atoms with Crippen molar-refractivity contribution in [3.8, 4) is 11.8 Å². The molecule has 0 unspecified atom stereocenters. The SMILES string of the molecule is N#C[C@H](C(=O)CCc1cccc(OC2CCCC2)c1)c1ccccn1. The third-order valence-electron chi connectivity index (χ3n) is 4.60. The fourth-order valence-electron chi connectivity index (χ4n) is 3.23. The molecule has 1 aromatic carbocycles. The summed E-state index contributed by atoms with van der Waals surface area (Å²) in [5.74, 6) is -0.0131. The molecule has 1 fully saturated rings. The maximum Gasteiger partial charge on any atom is 0.156 e. The molecule has 25 heavy (non-hydrogen) atoms. The lowest BCUT2D eigenvalue weighted by Crippen LogP contribution is -2.13. The van der Waals surface area contributed by atoms with Gasteiger partial charge < -0.3 is 4.74 Å². The van der Waals surface area contributed by atoms with Crippen LogP contribution in [0.3, 0.4) is 0 Å². The number of nitrogens with zero attached hydrogens (tertiary/aromatic N) is 2. The minimum absolute atomic E-state index is 0.0942. The van der Waals surface area contributed by atoms with Crippen LogP contribution in [0.1, 0.15) is 49.3 Å². The Labute approximate surface area is 148 Å². The molecule has 3 rings (SSSR count). The van der Waals surface area contributed by atoms with Crippen LogP contribution in [-0.4, -0.2) is 16.9 Å². The number of benzene rings is 1. The molecule has 0 bridgehead atoms. The van der Waals surface area contributed by atoms with E-state index in [-0.39, 0.29) is 5.78 Å². The van der Waals surface area contributed by atoms with Crippen LogP contribution in [0.25, 0.3) is 0 Å². The van der Waals surface area contributed by atoms with Crippen LogP contribution < -0.4 is 4.74 Å². The summed E-state index contributed by atoms with van der Waals surface area (Å²) in [6, 6.07) is 15.3. The van der Waals surface area contributed by atoms with E-state index in [2.05, 4.69) is 11.1 Å². The molecule has 1 aliphatic carbocycles. The average molecular weight is 334 g/mol. The summed E-state index contributed by atoms with van der Waals surface area (Å²) in [5.41, 5.74) is 1.58. The van der Waals surface area contributed by atoms with Crippen molar-refractivity contribution in [3.05, 3.63) is 59.9 Å². The van der Waals surface area contributed by atoms with Gasteiger partial charge in [-0.15, -0.1) is 0 Å². The van der Waals surface area contributed by atoms with E-state index in [0.717, 1.165) is 24.2 Å². The second-order valence-electron chi connectivity index (χ2n) is 6.45. The number of aromatic nitrogens is 1. The average Bonchev–Trinajstić information content (AvgIpc) is 3.15. The minimum Gasteiger partial charge on any atom is -0.490 e. The Morgan fingerprint density at radius 1 is 1.24 bits per heavy atom. The lowest BCUT2D eigenvalue weighted by molar-refractivity contribution is -0.119. The van der Waals surface area contributed by atoms with Gasteiger partial charge in [0.05, 0.1) is 17.9 Å². The molecule has 128 valence electrons. The van der Waals surface area contributed by atoms with E-state index in [1.165, 1.54) is 12.8 Å². The predicted molar refractivity (Wildman–Crippen MR) is 95.2 cm³/mol. The Balaban J connectivity index is 1.59. The van der Waals surface area contributed by atoms with E-state index in [9.17, 15) is 10.1 Å². The minimum atomic E-state index is -0.792. The number of hydrogen-bond acceptors (Lipinski definition) is 4. The third-order valence-corrected chi connectivity index (χ3v) is 4.60. The largest absolute Gasteiger partial charge is 0.490 e. The molecule has 0 aliphatic heterocycles. The molecule has 0 amide bonds. The monoisotopic (exact) mass is 334 g/mol. The second kappa shape index (κ2) is 8.43. The second-order valence-corrected chi connectivity index (χ2v) is 6.45. The van der Waals surface area contributed by atoms with E-state index < -0.39 is 5.92 Å². The smallest absolute Gasteiger partial charge is 0.156 e. The summed E-state index contributed by atoms with van der Waals surface area (Å²) >= 11 is 0. The molecule has 1 atom stereocenters. The number of hydrogen-bond donors (Lipinski definition) is 0. The van der Waals surface area contributed by atoms with Crippen molar-refractivity contribution in [2.75, 3.05) is 0 Å². The van der Waals surface area contributed by atoms with Gasteiger partial charge in [0.25, 0.3) is 0 Å². The van der Waals surface area contributed by atoms with Gasteiger partial charge in [-0.25, -0.2) is 0 Å². The Morgan fingerprint density at radius 3 is 2.80 bits per heavy atom. The zero-order valence-corrected chi connectivity index (χ0v) is 14.2. The van der Waals surface area contributed by atoms with E-state index in [1.54, 1.807) is 24.4 Å². The summed E-state index contributed by atoms with van der Waals surface area (Å²) in [5, 5.41) is 9.32. The van der Waals surface area contributed by atoms with Gasteiger partial charge in [0, 0.05) is 12.6 Å². The summed E-state index contributed by atoms with van der Waals surface area (Å²) < 4.78 is 6.01. The van der Waals surface area contributed by atoms with Gasteiger partial charge >= 0.3 is 0 Å². The molecule has 1 heterocycles. The van der Waals surface area contributed by atoms with Gasteiger partial charge in [0.15, 0.2) is 5.78 Å². The zero-order chi connectivity index (χ0) is 17.5. The van der Waals surface area contributed by atoms with Crippen LogP contribution in [-0.2, 0) is 11.2 Å². The van der Waals surface area contributed by atoms with Crippen LogP contribution in [0.5, 0.6) is 5.75 Å². The topological polar surface area (TPSA) is 63.0 Å². The van der Waals surface area contributed by atoms with Gasteiger partial charge in [0.2, 0.25) is 0 Å². The van der Waals surface area contributed by atoms with Gasteiger partial charge in [-0.2, -0.15) is 5.26 Å². The van der Waals surface area contributed by atoms with Crippen molar-refractivity contribution in [2.45, 2.75) is 50.5 Å². The van der Waals surface area contributed by atoms with Crippen molar-refractivity contribution in [3.63, 3.8) is 0 Å². The van der Waals surface area contributed by atoms with Gasteiger partial charge in [-0.1, -0.05) is 18.2 Å². The van der Waals surface area contributed by atoms with Crippen molar-refractivity contribution in [1.29, 1.82) is 5.26 Å². The number of aryl methyl sites for hydroxylation is 1. The number of pyridine rings is 1. The van der Waals surface area contributed by atoms with E-state index >= 15 is 0 Å². The van der Waals surface area contributed by atoms with Crippen LogP contribution >= 0.6 is 0 Å². The first-order valence-electron chi connectivity index (χ1n) is 8.85. The number of carbonyl (C=O) groups excluding carboxylic acids is 1. The van der Waals surface area contributed by atoms with Crippen molar-refractivity contribution < 1.29 is 9.53 Å². The number of ketones is 1. The lowest BCUT2D eigenvalue weighted by atomic mass is 9.96. The van der Waals surface area contributed by atoms with Gasteiger partial charge in [-0.05, 0) is 61.9 Å². The molecule has 1 aliphatic rings. The maximum atomic E-state index is 12.4. The first-order valence-corrected chi connectivity index (χ1v) is 8.85. The van der Waals surface area contributed by atoms with Crippen molar-refractivity contribution >= 4 is 5.78 Å². The van der Waals surface area contributed by atoms with Crippen LogP contribution in [0, 0.1) is 11.3 Å². The summed E-state index contributed by atoms with van der Waals surface area (Å²) in [6.07, 6.45) is 7.57. The molecule has 1 saturated carbocycles. The molecule has 1 aromatic heterocycles. The molecule has 0 N–H and O–H groups in total. The van der Waals surface area contributed by atoms with Crippen LogP contribution in [0.4, 0.5) is 0 Å². The van der Waals surface area contributed by atoms with Gasteiger partial charge in [-0.3, -0.25) is 9.78 Å². The number of Topliss-reactive ketones (excluding diaryl/α,β-unsaturated/α-hetero) is 1. The molecule has 0 spiro atoms. The van der Waals surface area contributed by atoms with Crippen LogP contribution in [0.15, 0.2) is 48.7 Å². The zero-order valence-electron chi connectivity index (χ0n) is 14.2. The maximum absolute atomic E-state index is 12.4. The molecule has 4 heteroatoms. The highest BCUT2D eigenvalue weighted by Gasteiger charge is 2.21. The lowest BCUT2D eigenvalue weighted by Gasteiger charge is -2.14. The fraction of sp³-hybridized carbons (Fsp3) is 0.381. The normalized spacial score (nSPS) is 15.5. The van der Waals surface area contributed by atoms with Crippen LogP contribution in [0.2, 0.25) is 0 Å². The summed E-state index contributed by atoms with van der Waals surface area (Å²) in [6.45, 7) is 0. The number of rotatable bonds is 7. The molecular formula is C21H22N2O2. The molecule has 0 radical (unpaired) electrons. The number of carbonyl (C=O) groups is 1. The first-order chi connectivity index (χ1) is 12.3. The highest BCUT2D eigenvalue weighted by atomic mass is 16.5. The Kier molecular flexibility index (Phi) is 5.79. The standard InChI is InChI=1S/C21H22N2O2/c22-15-19(20-10-3-4-13-23-20)21(24)12-11-16-6-5-9-18(14-16)25-17-7-1-2-8-17/h3-6,9-10,13-14,17,19H,1-2,7-8,11-12H2/t19-/m0/s1. The van der Waals surface area contributed by atoms with E-state index in [0.29, 0.717) is 24.6 Å². The highest BCUT2D eigenvalue weighted by Crippen LogP contribution is 2.25. The van der Waals surface area contributed by atoms with Gasteiger partial charge in [0.1, 0.15) is 11.7 Å². The summed E-state index contributed by atoms with van der Waals surface area (Å²) in [4.78, 5) is 16.6. The fourth-order valence-corrected chi connectivity index (χ4v) is 3.23. The molecule has 4 nitrogen and oxygen atoms in total. The number of ether oxygens (including phenoxy) is 1. The molecular weight excluding hydrogens is 312 g/mol. The first kappa shape index (κ1) is 17.2. The van der Waals surface area contributed by atoms with E-state index in [1.807, 2.05) is 24.3 Å². The quantitative estimate of drug-likeness (QED) is 0.761. The van der Waals surface area contributed by atoms with E-state index in [4.69, 9.17) is 4.74 Å².